The predicted octanol–water partition coefficient (Wildman–Crippen LogP) is 4.93. The summed E-state index contributed by atoms with van der Waals surface area (Å²) in [6.45, 7) is 2.50. The van der Waals surface area contributed by atoms with Gasteiger partial charge in [-0.3, -0.25) is 4.79 Å². The standard InChI is InChI=1S/C25H23N3O3S3/c1-18-11-13-20(14-12-18)34(30,31)28-16-15-27(24(28)19-7-3-2-4-8-19)23(29)17-32-25-26-21-9-5-6-10-22(21)33-25/h2-14,24H,15-17H2,1H3/t24-/m1/s1. The molecule has 0 aliphatic carbocycles. The summed E-state index contributed by atoms with van der Waals surface area (Å²) in [5, 5.41) is 0. The summed E-state index contributed by atoms with van der Waals surface area (Å²) in [5.74, 6) is 0.0846. The molecular formula is C25H23N3O3S3. The lowest BCUT2D eigenvalue weighted by atomic mass is 10.1. The molecule has 0 N–H and O–H groups in total. The molecule has 0 radical (unpaired) electrons. The number of sulfonamides is 1. The Hall–Kier alpha value is -2.72. The smallest absolute Gasteiger partial charge is 0.245 e. The van der Waals surface area contributed by atoms with Crippen molar-refractivity contribution in [2.45, 2.75) is 22.3 Å². The Kier molecular flexibility index (Phi) is 6.44. The number of amides is 1. The quantitative estimate of drug-likeness (QED) is 0.345. The normalized spacial score (nSPS) is 16.9. The minimum Gasteiger partial charge on any atom is -0.320 e. The van der Waals surface area contributed by atoms with Gasteiger partial charge >= 0.3 is 0 Å². The van der Waals surface area contributed by atoms with Crippen LogP contribution in [0.1, 0.15) is 17.3 Å². The van der Waals surface area contributed by atoms with Crippen LogP contribution in [0.5, 0.6) is 0 Å². The number of hydrogen-bond donors (Lipinski definition) is 0. The fraction of sp³-hybridized carbons (Fsp3) is 0.200. The fourth-order valence-corrected chi connectivity index (χ4v) is 7.58. The zero-order valence-corrected chi connectivity index (χ0v) is 20.9. The largest absolute Gasteiger partial charge is 0.320 e. The van der Waals surface area contributed by atoms with Crippen molar-refractivity contribution in [3.05, 3.63) is 90.0 Å². The monoisotopic (exact) mass is 509 g/mol. The minimum absolute atomic E-state index is 0.111. The number of carbonyl (C=O) groups is 1. The highest BCUT2D eigenvalue weighted by molar-refractivity contribution is 8.01. The summed E-state index contributed by atoms with van der Waals surface area (Å²) in [4.78, 5) is 19.8. The van der Waals surface area contributed by atoms with E-state index in [2.05, 4.69) is 4.98 Å². The molecule has 0 unspecified atom stereocenters. The van der Waals surface area contributed by atoms with Crippen molar-refractivity contribution >= 4 is 49.2 Å². The lowest BCUT2D eigenvalue weighted by Crippen LogP contribution is -2.38. The maximum atomic E-state index is 13.6. The third kappa shape index (κ3) is 4.48. The summed E-state index contributed by atoms with van der Waals surface area (Å²) >= 11 is 2.95. The van der Waals surface area contributed by atoms with Crippen LogP contribution in [0.25, 0.3) is 10.2 Å². The number of nitrogens with zero attached hydrogens (tertiary/aromatic N) is 3. The first kappa shape index (κ1) is 23.0. The van der Waals surface area contributed by atoms with Crippen LogP contribution in [0.2, 0.25) is 0 Å². The summed E-state index contributed by atoms with van der Waals surface area (Å²) in [5.41, 5.74) is 2.68. The summed E-state index contributed by atoms with van der Waals surface area (Å²) in [6.07, 6.45) is -0.684. The lowest BCUT2D eigenvalue weighted by Gasteiger charge is -2.30. The molecule has 3 aromatic carbocycles. The van der Waals surface area contributed by atoms with Crippen LogP contribution in [0, 0.1) is 6.92 Å². The van der Waals surface area contributed by atoms with Gasteiger partial charge in [0.05, 0.1) is 20.9 Å². The van der Waals surface area contributed by atoms with Crippen LogP contribution in [0.3, 0.4) is 0 Å². The second-order valence-corrected chi connectivity index (χ2v) is 12.2. The van der Waals surface area contributed by atoms with Crippen molar-refractivity contribution < 1.29 is 13.2 Å². The number of para-hydroxylation sites is 1. The second kappa shape index (κ2) is 9.50. The first-order valence-corrected chi connectivity index (χ1v) is 14.1. The first-order valence-electron chi connectivity index (χ1n) is 10.8. The van der Waals surface area contributed by atoms with Crippen LogP contribution in [0.15, 0.2) is 88.1 Å². The molecule has 1 atom stereocenters. The first-order chi connectivity index (χ1) is 16.4. The number of benzene rings is 3. The van der Waals surface area contributed by atoms with Crippen molar-refractivity contribution in [3.8, 4) is 0 Å². The van der Waals surface area contributed by atoms with Gasteiger partial charge in [-0.2, -0.15) is 4.31 Å². The maximum Gasteiger partial charge on any atom is 0.245 e. The third-order valence-electron chi connectivity index (χ3n) is 5.77. The molecule has 1 aromatic heterocycles. The SMILES string of the molecule is Cc1ccc(S(=O)(=O)N2CCN(C(=O)CSc3nc4ccccc4s3)[C@H]2c2ccccc2)cc1. The van der Waals surface area contributed by atoms with Crippen LogP contribution in [0.4, 0.5) is 0 Å². The van der Waals surface area contributed by atoms with E-state index in [9.17, 15) is 13.2 Å². The molecule has 1 fully saturated rings. The van der Waals surface area contributed by atoms with Crippen LogP contribution < -0.4 is 0 Å². The van der Waals surface area contributed by atoms with Gasteiger partial charge < -0.3 is 4.90 Å². The predicted molar refractivity (Wildman–Crippen MR) is 136 cm³/mol. The Balaban J connectivity index is 1.41. The number of thiazole rings is 1. The Morgan fingerprint density at radius 3 is 2.44 bits per heavy atom. The lowest BCUT2D eigenvalue weighted by molar-refractivity contribution is -0.130. The fourth-order valence-electron chi connectivity index (χ4n) is 4.06. The summed E-state index contributed by atoms with van der Waals surface area (Å²) in [6, 6.07) is 24.1. The molecule has 0 spiro atoms. The van der Waals surface area contributed by atoms with E-state index < -0.39 is 16.2 Å². The molecule has 1 aliphatic rings. The van der Waals surface area contributed by atoms with Gasteiger partial charge in [-0.15, -0.1) is 11.3 Å². The molecule has 1 aliphatic heterocycles. The Bertz CT molecular complexity index is 1390. The number of carbonyl (C=O) groups excluding carboxylic acids is 1. The van der Waals surface area contributed by atoms with Gasteiger partial charge in [0.2, 0.25) is 15.9 Å². The van der Waals surface area contributed by atoms with E-state index in [0.29, 0.717) is 6.54 Å². The number of thioether (sulfide) groups is 1. The molecule has 2 heterocycles. The molecule has 0 saturated carbocycles. The number of rotatable bonds is 6. The van der Waals surface area contributed by atoms with E-state index in [-0.39, 0.29) is 23.1 Å². The van der Waals surface area contributed by atoms with Crippen molar-refractivity contribution in [2.75, 3.05) is 18.8 Å². The molecule has 4 aromatic rings. The molecule has 0 bridgehead atoms. The zero-order valence-electron chi connectivity index (χ0n) is 18.5. The van der Waals surface area contributed by atoms with Crippen molar-refractivity contribution in [2.24, 2.45) is 0 Å². The van der Waals surface area contributed by atoms with E-state index in [1.165, 1.54) is 16.1 Å². The Morgan fingerprint density at radius 1 is 1.00 bits per heavy atom. The van der Waals surface area contributed by atoms with Crippen molar-refractivity contribution in [1.29, 1.82) is 0 Å². The van der Waals surface area contributed by atoms with Crippen LogP contribution in [-0.2, 0) is 14.8 Å². The van der Waals surface area contributed by atoms with Crippen molar-refractivity contribution in [1.82, 2.24) is 14.2 Å². The highest BCUT2D eigenvalue weighted by Gasteiger charge is 2.43. The van der Waals surface area contributed by atoms with Gasteiger partial charge in [-0.05, 0) is 36.8 Å². The van der Waals surface area contributed by atoms with Gasteiger partial charge in [0.1, 0.15) is 6.17 Å². The van der Waals surface area contributed by atoms with Gasteiger partial charge in [-0.1, -0.05) is 71.9 Å². The topological polar surface area (TPSA) is 70.6 Å². The zero-order chi connectivity index (χ0) is 23.7. The molecular weight excluding hydrogens is 486 g/mol. The molecule has 34 heavy (non-hydrogen) atoms. The molecule has 5 rings (SSSR count). The average molecular weight is 510 g/mol. The second-order valence-electron chi connectivity index (χ2n) is 8.04. The minimum atomic E-state index is -3.78. The number of aryl methyl sites for hydroxylation is 1. The molecule has 174 valence electrons. The van der Waals surface area contributed by atoms with Gasteiger partial charge in [-0.25, -0.2) is 13.4 Å². The van der Waals surface area contributed by atoms with E-state index in [0.717, 1.165) is 25.7 Å². The molecule has 6 nitrogen and oxygen atoms in total. The molecule has 1 amide bonds. The van der Waals surface area contributed by atoms with E-state index in [4.69, 9.17) is 0 Å². The summed E-state index contributed by atoms with van der Waals surface area (Å²) < 4.78 is 30.4. The molecule has 9 heteroatoms. The van der Waals surface area contributed by atoms with E-state index in [1.54, 1.807) is 40.5 Å². The van der Waals surface area contributed by atoms with Crippen molar-refractivity contribution in [3.63, 3.8) is 0 Å². The number of hydrogen-bond acceptors (Lipinski definition) is 6. The van der Waals surface area contributed by atoms with Crippen LogP contribution in [-0.4, -0.2) is 47.4 Å². The maximum absolute atomic E-state index is 13.6. The van der Waals surface area contributed by atoms with Gasteiger partial charge in [0.15, 0.2) is 4.34 Å². The van der Waals surface area contributed by atoms with E-state index >= 15 is 0 Å². The Morgan fingerprint density at radius 2 is 1.71 bits per heavy atom. The van der Waals surface area contributed by atoms with Gasteiger partial charge in [0, 0.05) is 13.1 Å². The Labute approximate surface area is 207 Å². The number of fused-ring (bicyclic) bond motifs is 1. The summed E-state index contributed by atoms with van der Waals surface area (Å²) in [7, 11) is -3.78. The van der Waals surface area contributed by atoms with Gasteiger partial charge in [0.25, 0.3) is 0 Å². The highest BCUT2D eigenvalue weighted by Crippen LogP contribution is 2.36. The third-order valence-corrected chi connectivity index (χ3v) is 9.80. The number of aromatic nitrogens is 1. The van der Waals surface area contributed by atoms with Crippen LogP contribution >= 0.6 is 23.1 Å². The highest BCUT2D eigenvalue weighted by atomic mass is 32.2. The van der Waals surface area contributed by atoms with E-state index in [1.807, 2.05) is 61.5 Å². The molecule has 1 saturated heterocycles. The average Bonchev–Trinajstić information content (AvgIpc) is 3.48.